The molecule has 5 aromatic heterocycles. The van der Waals surface area contributed by atoms with Crippen LogP contribution >= 0.6 is 0 Å². The Morgan fingerprint density at radius 1 is 0.155 bits per heavy atom. The van der Waals surface area contributed by atoms with Crippen LogP contribution in [0.2, 0.25) is 0 Å². The van der Waals surface area contributed by atoms with Gasteiger partial charge in [0.25, 0.3) is 0 Å². The Morgan fingerprint density at radius 2 is 0.326 bits per heavy atom. The normalized spacial score (nSPS) is 11.0. The molecule has 0 bridgehead atoms. The fourth-order valence-corrected chi connectivity index (χ4v) is 15.6. The van der Waals surface area contributed by atoms with Gasteiger partial charge in [0.2, 0.25) is 0 Å². The van der Waals surface area contributed by atoms with E-state index in [1.165, 1.54) is 182 Å². The zero-order chi connectivity index (χ0) is 90.1. The van der Waals surface area contributed by atoms with Crippen molar-refractivity contribution in [3.05, 3.63) is 376 Å². The Kier molecular flexibility index (Phi) is 34.9. The molecule has 0 spiro atoms. The molecule has 16 aromatic rings. The Labute approximate surface area is 769 Å². The summed E-state index contributed by atoms with van der Waals surface area (Å²) in [6.45, 7) is 25.7. The van der Waals surface area contributed by atoms with E-state index in [1.54, 1.807) is 0 Å². The predicted molar refractivity (Wildman–Crippen MR) is 545 cm³/mol. The van der Waals surface area contributed by atoms with E-state index in [1.807, 2.05) is 6.20 Å². The monoisotopic (exact) mass is 1700 g/mol. The molecule has 129 heavy (non-hydrogen) atoms. The average Bonchev–Trinajstić information content (AvgIpc) is 0.814. The summed E-state index contributed by atoms with van der Waals surface area (Å²) in [5, 5.41) is 0. The number of hydrogen-bond acceptors (Lipinski definition) is 9. The smallest absolute Gasteiger partial charge is 0.179 e. The van der Waals surface area contributed by atoms with Gasteiger partial charge in [-0.2, -0.15) is 0 Å². The summed E-state index contributed by atoms with van der Waals surface area (Å²) in [5.41, 5.74) is 35.6. The zero-order valence-electron chi connectivity index (χ0n) is 78.3. The van der Waals surface area contributed by atoms with Crippen LogP contribution in [-0.2, 0) is 19.3 Å². The SMILES string of the molecule is CCCCCCCCCCCCc1ccc(-c2nc(-c3ccc(C)cc3)cc(-c3ccc(C)cc3)n2)cc1.CCCCCCc1ccc(-c2nc(-c3ccc(C)cc3)cc(-c3ccc(C)cc3)n2)cc1.CCCCCCc1ccc(-c2nc(-c3ccc(C)cc3)cc(-c3ccc(C)cc3)n2)nc1.Cc1ccc(-c2cc(-c3ccc(C)cc3)nc(-c3ccc(C)cc3)n2)cc1. The molecule has 5 heterocycles. The average molecular weight is 1700 g/mol. The van der Waals surface area contributed by atoms with Crippen LogP contribution in [0.5, 0.6) is 0 Å². The van der Waals surface area contributed by atoms with Crippen LogP contribution in [0.3, 0.4) is 0 Å². The number of nitrogens with zero attached hydrogens (tertiary/aromatic N) is 9. The quantitative estimate of drug-likeness (QED) is 0.0371. The van der Waals surface area contributed by atoms with E-state index in [0.717, 1.165) is 149 Å². The Hall–Kier alpha value is -13.1. The highest BCUT2D eigenvalue weighted by Gasteiger charge is 2.18. The number of aromatic nitrogens is 9. The molecule has 0 amide bonds. The number of benzene rings is 11. The lowest BCUT2D eigenvalue weighted by Gasteiger charge is -2.10. The molecule has 9 heteroatoms. The van der Waals surface area contributed by atoms with Crippen molar-refractivity contribution in [2.75, 3.05) is 0 Å². The van der Waals surface area contributed by atoms with Crippen molar-refractivity contribution in [1.29, 1.82) is 0 Å². The first kappa shape index (κ1) is 93.5. The number of hydrogen-bond donors (Lipinski definition) is 0. The van der Waals surface area contributed by atoms with Crippen molar-refractivity contribution < 1.29 is 0 Å². The van der Waals surface area contributed by atoms with Gasteiger partial charge in [-0.05, 0) is 148 Å². The topological polar surface area (TPSA) is 116 Å². The van der Waals surface area contributed by atoms with Gasteiger partial charge in [0, 0.05) is 67.4 Å². The summed E-state index contributed by atoms with van der Waals surface area (Å²) < 4.78 is 0. The van der Waals surface area contributed by atoms with E-state index in [2.05, 4.69) is 386 Å². The minimum absolute atomic E-state index is 0.663. The van der Waals surface area contributed by atoms with E-state index >= 15 is 0 Å². The van der Waals surface area contributed by atoms with Crippen LogP contribution in [-0.4, -0.2) is 44.9 Å². The molecule has 11 aromatic carbocycles. The molecule has 0 saturated carbocycles. The summed E-state index contributed by atoms with van der Waals surface area (Å²) >= 11 is 0. The van der Waals surface area contributed by atoms with Gasteiger partial charge in [-0.3, -0.25) is 4.98 Å². The van der Waals surface area contributed by atoms with Crippen molar-refractivity contribution in [3.63, 3.8) is 0 Å². The van der Waals surface area contributed by atoms with Crippen molar-refractivity contribution in [1.82, 2.24) is 44.9 Å². The second-order valence-electron chi connectivity index (χ2n) is 35.1. The predicted octanol–water partition coefficient (Wildman–Crippen LogP) is 32.8. The van der Waals surface area contributed by atoms with Crippen molar-refractivity contribution in [2.45, 2.75) is 218 Å². The van der Waals surface area contributed by atoms with Gasteiger partial charge in [0.05, 0.1) is 45.6 Å². The zero-order valence-corrected chi connectivity index (χ0v) is 78.3. The van der Waals surface area contributed by atoms with Crippen LogP contribution < -0.4 is 0 Å². The van der Waals surface area contributed by atoms with Crippen molar-refractivity contribution in [2.24, 2.45) is 0 Å². The van der Waals surface area contributed by atoms with Gasteiger partial charge in [-0.1, -0.05) is 440 Å². The van der Waals surface area contributed by atoms with Crippen molar-refractivity contribution in [3.8, 4) is 136 Å². The van der Waals surface area contributed by atoms with E-state index < -0.39 is 0 Å². The summed E-state index contributed by atoms with van der Waals surface area (Å²) in [4.78, 5) is 44.1. The minimum Gasteiger partial charge on any atom is -0.253 e. The molecule has 0 N–H and O–H groups in total. The third-order valence-electron chi connectivity index (χ3n) is 23.9. The number of rotatable bonds is 33. The summed E-state index contributed by atoms with van der Waals surface area (Å²) in [7, 11) is 0. The van der Waals surface area contributed by atoms with E-state index in [4.69, 9.17) is 44.9 Å². The highest BCUT2D eigenvalue weighted by molar-refractivity contribution is 5.77. The highest BCUT2D eigenvalue weighted by Crippen LogP contribution is 2.35. The molecule has 16 rings (SSSR count). The molecule has 0 atom stereocenters. The van der Waals surface area contributed by atoms with Gasteiger partial charge in [0.15, 0.2) is 23.3 Å². The standard InChI is InChI=1S/C36H44N2.C30H32N2.C29H31N3.C25H22N2/c1-4-5-6-7-8-9-10-11-12-13-14-30-19-25-33(26-20-30)36-37-34(31-21-15-28(2)16-22-31)27-35(38-36)32-23-17-29(3)18-24-32;1-4-5-6-7-8-24-13-19-27(20-14-24)30-31-28(25-15-9-22(2)10-16-25)21-29(32-30)26-17-11-23(3)12-18-26;1-4-5-6-7-8-23-13-18-26(30-20-23)29-31-27(24-14-9-21(2)10-15-24)19-28(32-29)25-16-11-22(3)12-17-25;1-17-4-10-20(11-5-17)23-16-24(21-12-6-18(2)7-13-21)27-25(26-23)22-14-8-19(3)9-15-22/h15-27H,4-14H2,1-3H3;9-21H,4-8H2,1-3H3;9-20H,4-8H2,1-3H3;4-16H,1-3H3. The van der Waals surface area contributed by atoms with Crippen LogP contribution in [0.1, 0.15) is 203 Å². The van der Waals surface area contributed by atoms with Crippen LogP contribution in [0, 0.1) is 62.3 Å². The summed E-state index contributed by atoms with van der Waals surface area (Å²) in [5.74, 6) is 2.97. The van der Waals surface area contributed by atoms with Gasteiger partial charge in [-0.15, -0.1) is 0 Å². The minimum atomic E-state index is 0.663. The first-order valence-electron chi connectivity index (χ1n) is 47.3. The number of pyridine rings is 1. The van der Waals surface area contributed by atoms with Crippen LogP contribution in [0.25, 0.3) is 136 Å². The van der Waals surface area contributed by atoms with E-state index in [0.29, 0.717) is 5.82 Å². The molecule has 0 unspecified atom stereocenters. The van der Waals surface area contributed by atoms with Gasteiger partial charge < -0.3 is 0 Å². The summed E-state index contributed by atoms with van der Waals surface area (Å²) in [6, 6.07) is 107. The second kappa shape index (κ2) is 48.2. The number of aryl methyl sites for hydroxylation is 12. The summed E-state index contributed by atoms with van der Waals surface area (Å²) in [6.07, 6.45) is 29.3. The fraction of sp³-hybridized carbons (Fsp3) is 0.275. The molecule has 9 nitrogen and oxygen atoms in total. The molecule has 654 valence electrons. The molecule has 0 aliphatic heterocycles. The lowest BCUT2D eigenvalue weighted by atomic mass is 10.0. The maximum absolute atomic E-state index is 4.99. The molecule has 0 saturated heterocycles. The Balaban J connectivity index is 0.000000148. The molecular formula is C120H129N9. The van der Waals surface area contributed by atoms with Crippen LogP contribution in [0.15, 0.2) is 310 Å². The first-order valence-corrected chi connectivity index (χ1v) is 47.3. The van der Waals surface area contributed by atoms with Gasteiger partial charge in [0.1, 0.15) is 5.69 Å². The van der Waals surface area contributed by atoms with Gasteiger partial charge in [-0.25, -0.2) is 39.9 Å². The lowest BCUT2D eigenvalue weighted by Crippen LogP contribution is -1.98. The van der Waals surface area contributed by atoms with Crippen LogP contribution in [0.4, 0.5) is 0 Å². The molecule has 0 aliphatic carbocycles. The second-order valence-corrected chi connectivity index (χ2v) is 35.1. The lowest BCUT2D eigenvalue weighted by molar-refractivity contribution is 0.556. The van der Waals surface area contributed by atoms with Gasteiger partial charge >= 0.3 is 0 Å². The molecular weight excluding hydrogens is 1570 g/mol. The highest BCUT2D eigenvalue weighted by atomic mass is 14.9. The van der Waals surface area contributed by atoms with E-state index in [9.17, 15) is 0 Å². The third-order valence-corrected chi connectivity index (χ3v) is 23.9. The maximum atomic E-state index is 4.99. The molecule has 0 fully saturated rings. The van der Waals surface area contributed by atoms with Crippen molar-refractivity contribution >= 4 is 0 Å². The molecule has 0 radical (unpaired) electrons. The third kappa shape index (κ3) is 28.4. The molecule has 0 aliphatic rings. The fourth-order valence-electron chi connectivity index (χ4n) is 15.6. The number of unbranched alkanes of at least 4 members (excludes halogenated alkanes) is 15. The van der Waals surface area contributed by atoms with E-state index in [-0.39, 0.29) is 0 Å². The first-order chi connectivity index (χ1) is 62.9. The largest absolute Gasteiger partial charge is 0.253 e. The Bertz CT molecular complexity index is 5570. The Morgan fingerprint density at radius 3 is 0.535 bits per heavy atom. The maximum Gasteiger partial charge on any atom is 0.179 e.